The summed E-state index contributed by atoms with van der Waals surface area (Å²) in [5.41, 5.74) is 8.99. The largest absolute Gasteiger partial charge is 0.322 e. The zero-order valence-electron chi connectivity index (χ0n) is 11.0. The van der Waals surface area contributed by atoms with Crippen LogP contribution in [-0.2, 0) is 0 Å². The molecule has 2 aromatic heterocycles. The van der Waals surface area contributed by atoms with Gasteiger partial charge in [0.25, 0.3) is 5.91 Å². The van der Waals surface area contributed by atoms with E-state index in [0.717, 1.165) is 9.71 Å². The van der Waals surface area contributed by atoms with Gasteiger partial charge >= 0.3 is 0 Å². The number of thiazole rings is 2. The fourth-order valence-corrected chi connectivity index (χ4v) is 3.45. The van der Waals surface area contributed by atoms with Gasteiger partial charge in [0.15, 0.2) is 0 Å². The van der Waals surface area contributed by atoms with E-state index in [4.69, 9.17) is 17.3 Å². The lowest BCUT2D eigenvalue weighted by Crippen LogP contribution is -2.14. The summed E-state index contributed by atoms with van der Waals surface area (Å²) in [4.78, 5) is 20.7. The minimum absolute atomic E-state index is 0.192. The molecule has 0 radical (unpaired) electrons. The first kappa shape index (κ1) is 14.4. The summed E-state index contributed by atoms with van der Waals surface area (Å²) < 4.78 is 0.962. The lowest BCUT2D eigenvalue weighted by molar-refractivity contribution is 0.102. The van der Waals surface area contributed by atoms with Crippen LogP contribution in [0.15, 0.2) is 23.0 Å². The summed E-state index contributed by atoms with van der Waals surface area (Å²) in [6.07, 6.45) is 0. The van der Waals surface area contributed by atoms with Crippen LogP contribution in [-0.4, -0.2) is 15.9 Å². The first-order valence-electron chi connectivity index (χ1n) is 6.10. The molecule has 0 aliphatic heterocycles. The molecule has 0 saturated carbocycles. The summed E-state index contributed by atoms with van der Waals surface area (Å²) in [6, 6.07) is 3.43. The van der Waals surface area contributed by atoms with Crippen LogP contribution in [0, 0.1) is 0 Å². The van der Waals surface area contributed by atoms with Crippen molar-refractivity contribution >= 4 is 56.1 Å². The topological polar surface area (TPSA) is 80.9 Å². The van der Waals surface area contributed by atoms with Gasteiger partial charge in [0.1, 0.15) is 16.2 Å². The van der Waals surface area contributed by atoms with Crippen molar-refractivity contribution < 1.29 is 4.79 Å². The van der Waals surface area contributed by atoms with Gasteiger partial charge in [-0.15, -0.1) is 22.7 Å². The van der Waals surface area contributed by atoms with E-state index in [1.54, 1.807) is 17.0 Å². The second-order valence-corrected chi connectivity index (χ2v) is 6.62. The van der Waals surface area contributed by atoms with E-state index in [9.17, 15) is 4.79 Å². The first-order valence-corrected chi connectivity index (χ1v) is 8.24. The van der Waals surface area contributed by atoms with Crippen LogP contribution in [0.5, 0.6) is 0 Å². The highest BCUT2D eigenvalue weighted by Gasteiger charge is 2.16. The predicted octanol–water partition coefficient (Wildman–Crippen LogP) is 3.68. The molecule has 1 aromatic carbocycles. The SMILES string of the molecule is CC(N)c1nc(C(=O)Nc2c(Cl)ccc3scnc23)cs1. The highest BCUT2D eigenvalue weighted by molar-refractivity contribution is 7.16. The van der Waals surface area contributed by atoms with Gasteiger partial charge in [-0.1, -0.05) is 11.6 Å². The van der Waals surface area contributed by atoms with Gasteiger partial charge in [0.05, 0.1) is 27.0 Å². The van der Waals surface area contributed by atoms with Crippen molar-refractivity contribution in [3.63, 3.8) is 0 Å². The number of nitrogens with two attached hydrogens (primary N) is 1. The predicted molar refractivity (Wildman–Crippen MR) is 87.3 cm³/mol. The molecule has 108 valence electrons. The molecule has 3 aromatic rings. The van der Waals surface area contributed by atoms with Crippen molar-refractivity contribution in [3.8, 4) is 0 Å². The van der Waals surface area contributed by atoms with E-state index in [2.05, 4.69) is 15.3 Å². The van der Waals surface area contributed by atoms with Crippen LogP contribution in [0.25, 0.3) is 10.2 Å². The summed E-state index contributed by atoms with van der Waals surface area (Å²) in [5.74, 6) is -0.319. The van der Waals surface area contributed by atoms with E-state index < -0.39 is 0 Å². The van der Waals surface area contributed by atoms with Gasteiger partial charge in [-0.2, -0.15) is 0 Å². The number of nitrogens with zero attached hydrogens (tertiary/aromatic N) is 2. The Balaban J connectivity index is 1.92. The number of amides is 1. The Bertz CT molecular complexity index is 811. The Hall–Kier alpha value is -1.54. The average Bonchev–Trinajstić information content (AvgIpc) is 3.09. The van der Waals surface area contributed by atoms with Gasteiger partial charge < -0.3 is 11.1 Å². The molecular formula is C13H11ClN4OS2. The number of hydrogen-bond donors (Lipinski definition) is 2. The Morgan fingerprint density at radius 1 is 1.43 bits per heavy atom. The summed E-state index contributed by atoms with van der Waals surface area (Å²) in [5, 5.41) is 5.64. The van der Waals surface area contributed by atoms with E-state index in [-0.39, 0.29) is 11.9 Å². The Labute approximate surface area is 133 Å². The highest BCUT2D eigenvalue weighted by Crippen LogP contribution is 2.32. The molecule has 1 atom stereocenters. The number of benzene rings is 1. The summed E-state index contributed by atoms with van der Waals surface area (Å²) in [7, 11) is 0. The zero-order valence-corrected chi connectivity index (χ0v) is 13.4. The Morgan fingerprint density at radius 2 is 2.24 bits per heavy atom. The molecule has 2 heterocycles. The van der Waals surface area contributed by atoms with Crippen LogP contribution in [0.1, 0.15) is 28.5 Å². The minimum Gasteiger partial charge on any atom is -0.322 e. The standard InChI is InChI=1S/C13H11ClN4OS2/c1-6(15)13-17-8(4-20-13)12(19)18-10-7(14)2-3-9-11(10)16-5-21-9/h2-6H,15H2,1H3,(H,18,19). The molecule has 8 heteroatoms. The van der Waals surface area contributed by atoms with Crippen LogP contribution in [0.4, 0.5) is 5.69 Å². The number of anilines is 1. The van der Waals surface area contributed by atoms with E-state index in [0.29, 0.717) is 21.9 Å². The number of rotatable bonds is 3. The quantitative estimate of drug-likeness (QED) is 0.763. The third-order valence-corrected chi connectivity index (χ3v) is 4.99. The van der Waals surface area contributed by atoms with Gasteiger partial charge in [-0.3, -0.25) is 4.79 Å². The Morgan fingerprint density at radius 3 is 2.95 bits per heavy atom. The molecule has 21 heavy (non-hydrogen) atoms. The van der Waals surface area contributed by atoms with Crippen molar-refractivity contribution in [3.05, 3.63) is 38.7 Å². The van der Waals surface area contributed by atoms with Crippen molar-refractivity contribution in [2.45, 2.75) is 13.0 Å². The first-order chi connectivity index (χ1) is 10.1. The lowest BCUT2D eigenvalue weighted by atomic mass is 10.2. The molecule has 0 saturated heterocycles. The molecule has 5 nitrogen and oxygen atoms in total. The number of nitrogens with one attached hydrogen (secondary N) is 1. The fourth-order valence-electron chi connectivity index (χ4n) is 1.80. The summed E-state index contributed by atoms with van der Waals surface area (Å²) >= 11 is 9.01. The number of hydrogen-bond acceptors (Lipinski definition) is 6. The van der Waals surface area contributed by atoms with Gasteiger partial charge in [0.2, 0.25) is 0 Å². The molecule has 0 fully saturated rings. The molecule has 0 bridgehead atoms. The molecule has 0 aliphatic rings. The second kappa shape index (κ2) is 5.69. The minimum atomic E-state index is -0.319. The van der Waals surface area contributed by atoms with Crippen molar-refractivity contribution in [2.75, 3.05) is 5.32 Å². The third-order valence-electron chi connectivity index (χ3n) is 2.83. The average molecular weight is 339 g/mol. The molecular weight excluding hydrogens is 328 g/mol. The smallest absolute Gasteiger partial charge is 0.275 e. The van der Waals surface area contributed by atoms with Crippen LogP contribution >= 0.6 is 34.3 Å². The maximum Gasteiger partial charge on any atom is 0.275 e. The van der Waals surface area contributed by atoms with Crippen LogP contribution < -0.4 is 11.1 Å². The van der Waals surface area contributed by atoms with Gasteiger partial charge in [0, 0.05) is 5.38 Å². The fraction of sp³-hybridized carbons (Fsp3) is 0.154. The molecule has 0 spiro atoms. The number of fused-ring (bicyclic) bond motifs is 1. The normalized spacial score (nSPS) is 12.5. The number of aromatic nitrogens is 2. The number of halogens is 1. The summed E-state index contributed by atoms with van der Waals surface area (Å²) in [6.45, 7) is 1.83. The molecule has 3 rings (SSSR count). The maximum absolute atomic E-state index is 12.3. The number of carbonyl (C=O) groups excluding carboxylic acids is 1. The third kappa shape index (κ3) is 2.77. The van der Waals surface area contributed by atoms with Crippen molar-refractivity contribution in [2.24, 2.45) is 5.73 Å². The monoisotopic (exact) mass is 338 g/mol. The van der Waals surface area contributed by atoms with Crippen LogP contribution in [0.2, 0.25) is 5.02 Å². The Kier molecular flexibility index (Phi) is 3.90. The van der Waals surface area contributed by atoms with E-state index in [1.807, 2.05) is 13.0 Å². The van der Waals surface area contributed by atoms with Gasteiger partial charge in [-0.25, -0.2) is 9.97 Å². The lowest BCUT2D eigenvalue weighted by Gasteiger charge is -2.06. The van der Waals surface area contributed by atoms with Crippen LogP contribution in [0.3, 0.4) is 0 Å². The highest BCUT2D eigenvalue weighted by atomic mass is 35.5. The van der Waals surface area contributed by atoms with E-state index in [1.165, 1.54) is 22.7 Å². The van der Waals surface area contributed by atoms with Crippen molar-refractivity contribution in [1.82, 2.24) is 9.97 Å². The molecule has 0 aliphatic carbocycles. The van der Waals surface area contributed by atoms with E-state index >= 15 is 0 Å². The molecule has 1 unspecified atom stereocenters. The van der Waals surface area contributed by atoms with Crippen molar-refractivity contribution in [1.29, 1.82) is 0 Å². The molecule has 3 N–H and O–H groups in total. The maximum atomic E-state index is 12.3. The second-order valence-electron chi connectivity index (χ2n) is 4.44. The number of carbonyl (C=O) groups is 1. The van der Waals surface area contributed by atoms with Gasteiger partial charge in [-0.05, 0) is 19.1 Å². The molecule has 1 amide bonds. The zero-order chi connectivity index (χ0) is 15.0.